The first-order chi connectivity index (χ1) is 4.72. The highest BCUT2D eigenvalue weighted by atomic mass is 14.2. The lowest BCUT2D eigenvalue weighted by atomic mass is 9.88. The minimum atomic E-state index is 0.809. The normalized spacial score (nSPS) is 11.4. The summed E-state index contributed by atoms with van der Waals surface area (Å²) in [6.45, 7) is 12.3. The maximum Gasteiger partial charge on any atom is -0.0391 e. The van der Waals surface area contributed by atoms with Gasteiger partial charge in [-0.3, -0.25) is 0 Å². The van der Waals surface area contributed by atoms with Crippen molar-refractivity contribution in [3.63, 3.8) is 0 Å². The molecule has 0 aromatic heterocycles. The third-order valence-electron chi connectivity index (χ3n) is 2.09. The first-order valence-electron chi connectivity index (χ1n) is 4.30. The van der Waals surface area contributed by atoms with Crippen LogP contribution in [0.1, 0.15) is 39.5 Å². The van der Waals surface area contributed by atoms with Gasteiger partial charge in [0.05, 0.1) is 0 Å². The van der Waals surface area contributed by atoms with Crippen LogP contribution in [0.5, 0.6) is 0 Å². The number of rotatable bonds is 5. The van der Waals surface area contributed by atoms with E-state index < -0.39 is 0 Å². The van der Waals surface area contributed by atoms with E-state index in [2.05, 4.69) is 27.7 Å². The molecule has 0 rings (SSSR count). The fourth-order valence-corrected chi connectivity index (χ4v) is 1.34. The molecule has 0 aliphatic rings. The molecule has 0 atom stereocenters. The zero-order valence-corrected chi connectivity index (χ0v) is 7.40. The van der Waals surface area contributed by atoms with Gasteiger partial charge >= 0.3 is 0 Å². The fraction of sp³-hybridized carbons (Fsp3) is 0.800. The Morgan fingerprint density at radius 1 is 1.00 bits per heavy atom. The first kappa shape index (κ1) is 10.0. The summed E-state index contributed by atoms with van der Waals surface area (Å²) in [5.74, 6) is 1.67. The van der Waals surface area contributed by atoms with E-state index in [9.17, 15) is 0 Å². The summed E-state index contributed by atoms with van der Waals surface area (Å²) in [7, 11) is 0. The summed E-state index contributed by atoms with van der Waals surface area (Å²) in [5, 5.41) is 0. The second-order valence-corrected chi connectivity index (χ2v) is 3.29. The van der Waals surface area contributed by atoms with Crippen molar-refractivity contribution in [3.8, 4) is 0 Å². The highest BCUT2D eigenvalue weighted by Gasteiger charge is 2.09. The third kappa shape index (κ3) is 3.92. The van der Waals surface area contributed by atoms with Gasteiger partial charge in [-0.25, -0.2) is 0 Å². The lowest BCUT2D eigenvalue weighted by Crippen LogP contribution is -2.07. The smallest absolute Gasteiger partial charge is 0.0391 e. The fourth-order valence-electron chi connectivity index (χ4n) is 1.34. The van der Waals surface area contributed by atoms with Crippen LogP contribution in [0.25, 0.3) is 0 Å². The van der Waals surface area contributed by atoms with Crippen molar-refractivity contribution in [2.24, 2.45) is 11.8 Å². The molecule has 10 heavy (non-hydrogen) atoms. The maximum atomic E-state index is 3.87. The zero-order chi connectivity index (χ0) is 7.98. The minimum Gasteiger partial charge on any atom is -0.0625 e. The molecule has 0 aromatic carbocycles. The lowest BCUT2D eigenvalue weighted by Gasteiger charge is -2.18. The molecule has 0 nitrogen and oxygen atoms in total. The highest BCUT2D eigenvalue weighted by molar-refractivity contribution is 4.64. The van der Waals surface area contributed by atoms with Gasteiger partial charge in [-0.05, 0) is 11.8 Å². The molecule has 0 saturated carbocycles. The van der Waals surface area contributed by atoms with Crippen LogP contribution in [-0.2, 0) is 0 Å². The third-order valence-corrected chi connectivity index (χ3v) is 2.09. The van der Waals surface area contributed by atoms with Gasteiger partial charge in [-0.1, -0.05) is 53.4 Å². The molecule has 0 aliphatic carbocycles. The van der Waals surface area contributed by atoms with Crippen LogP contribution in [0.2, 0.25) is 0 Å². The Bertz CT molecular complexity index is 58.4. The van der Waals surface area contributed by atoms with Crippen molar-refractivity contribution in [2.45, 2.75) is 39.5 Å². The second-order valence-electron chi connectivity index (χ2n) is 3.29. The van der Waals surface area contributed by atoms with Crippen LogP contribution in [0.3, 0.4) is 0 Å². The Labute approximate surface area is 66.0 Å². The highest BCUT2D eigenvalue weighted by Crippen LogP contribution is 2.21. The molecular formula is C10H20. The SMILES string of the molecule is [CH2]CCC(CC[CH2])C(C)C. The molecule has 0 spiro atoms. The van der Waals surface area contributed by atoms with E-state index in [1.807, 2.05) is 0 Å². The quantitative estimate of drug-likeness (QED) is 0.548. The predicted molar refractivity (Wildman–Crippen MR) is 47.5 cm³/mol. The van der Waals surface area contributed by atoms with Crippen LogP contribution >= 0.6 is 0 Å². The van der Waals surface area contributed by atoms with Crippen LogP contribution in [0, 0.1) is 25.7 Å². The summed E-state index contributed by atoms with van der Waals surface area (Å²) in [5.41, 5.74) is 0. The van der Waals surface area contributed by atoms with E-state index in [1.165, 1.54) is 12.8 Å². The van der Waals surface area contributed by atoms with E-state index in [0.29, 0.717) is 0 Å². The van der Waals surface area contributed by atoms with Crippen molar-refractivity contribution < 1.29 is 0 Å². The summed E-state index contributed by atoms with van der Waals surface area (Å²) in [6, 6.07) is 0. The molecule has 0 bridgehead atoms. The Hall–Kier alpha value is 0. The largest absolute Gasteiger partial charge is 0.0625 e. The Balaban J connectivity index is 3.50. The maximum absolute atomic E-state index is 3.87. The van der Waals surface area contributed by atoms with Crippen LogP contribution in [0.15, 0.2) is 0 Å². The van der Waals surface area contributed by atoms with Crippen molar-refractivity contribution in [2.75, 3.05) is 0 Å². The Morgan fingerprint density at radius 2 is 1.40 bits per heavy atom. The summed E-state index contributed by atoms with van der Waals surface area (Å²) in [4.78, 5) is 0. The van der Waals surface area contributed by atoms with Gasteiger partial charge in [0.1, 0.15) is 0 Å². The van der Waals surface area contributed by atoms with Crippen molar-refractivity contribution in [3.05, 3.63) is 13.8 Å². The van der Waals surface area contributed by atoms with E-state index in [0.717, 1.165) is 24.7 Å². The molecule has 0 heteroatoms. The standard InChI is InChI=1S/C10H20/c1-5-7-10(8-6-2)9(3)4/h9-10H,1-2,5-8H2,3-4H3. The average molecular weight is 140 g/mol. The molecule has 0 N–H and O–H groups in total. The van der Waals surface area contributed by atoms with E-state index in [-0.39, 0.29) is 0 Å². The molecule has 0 amide bonds. The molecule has 2 radical (unpaired) electrons. The topological polar surface area (TPSA) is 0 Å². The van der Waals surface area contributed by atoms with Gasteiger partial charge in [0.15, 0.2) is 0 Å². The molecule has 0 aromatic rings. The second kappa shape index (κ2) is 5.76. The van der Waals surface area contributed by atoms with Crippen molar-refractivity contribution >= 4 is 0 Å². The van der Waals surface area contributed by atoms with Crippen LogP contribution in [0.4, 0.5) is 0 Å². The van der Waals surface area contributed by atoms with Crippen molar-refractivity contribution in [1.82, 2.24) is 0 Å². The van der Waals surface area contributed by atoms with Gasteiger partial charge in [0.2, 0.25) is 0 Å². The van der Waals surface area contributed by atoms with Crippen LogP contribution < -0.4 is 0 Å². The predicted octanol–water partition coefficient (Wildman–Crippen LogP) is 3.49. The Kier molecular flexibility index (Phi) is 5.76. The summed E-state index contributed by atoms with van der Waals surface area (Å²) >= 11 is 0. The number of hydrogen-bond acceptors (Lipinski definition) is 0. The number of hydrogen-bond donors (Lipinski definition) is 0. The van der Waals surface area contributed by atoms with Crippen LogP contribution in [-0.4, -0.2) is 0 Å². The van der Waals surface area contributed by atoms with E-state index in [1.54, 1.807) is 0 Å². The Morgan fingerprint density at radius 3 is 1.60 bits per heavy atom. The van der Waals surface area contributed by atoms with Crippen molar-refractivity contribution in [1.29, 1.82) is 0 Å². The zero-order valence-electron chi connectivity index (χ0n) is 7.40. The average Bonchev–Trinajstić information content (AvgIpc) is 1.87. The van der Waals surface area contributed by atoms with Gasteiger partial charge in [-0.2, -0.15) is 0 Å². The summed E-state index contributed by atoms with van der Waals surface area (Å²) in [6.07, 6.45) is 4.69. The molecule has 0 fully saturated rings. The van der Waals surface area contributed by atoms with E-state index >= 15 is 0 Å². The van der Waals surface area contributed by atoms with Gasteiger partial charge in [-0.15, -0.1) is 0 Å². The molecule has 0 heterocycles. The summed E-state index contributed by atoms with van der Waals surface area (Å²) < 4.78 is 0. The monoisotopic (exact) mass is 140 g/mol. The molecule has 0 unspecified atom stereocenters. The molecule has 0 aliphatic heterocycles. The van der Waals surface area contributed by atoms with Gasteiger partial charge in [0.25, 0.3) is 0 Å². The minimum absolute atomic E-state index is 0.809. The molecular weight excluding hydrogens is 120 g/mol. The molecule has 60 valence electrons. The lowest BCUT2D eigenvalue weighted by molar-refractivity contribution is 0.340. The van der Waals surface area contributed by atoms with E-state index in [4.69, 9.17) is 0 Å². The molecule has 0 saturated heterocycles. The van der Waals surface area contributed by atoms with Gasteiger partial charge < -0.3 is 0 Å². The van der Waals surface area contributed by atoms with Gasteiger partial charge in [0, 0.05) is 0 Å². The first-order valence-corrected chi connectivity index (χ1v) is 4.30.